The van der Waals surface area contributed by atoms with E-state index in [0.29, 0.717) is 17.0 Å². The van der Waals surface area contributed by atoms with Crippen LogP contribution in [0.1, 0.15) is 24.1 Å². The zero-order valence-electron chi connectivity index (χ0n) is 12.3. The summed E-state index contributed by atoms with van der Waals surface area (Å²) >= 11 is 0. The first-order valence-corrected chi connectivity index (χ1v) is 7.12. The van der Waals surface area contributed by atoms with E-state index in [0.717, 1.165) is 5.56 Å². The molecule has 2 aromatic rings. The third kappa shape index (κ3) is 2.67. The van der Waals surface area contributed by atoms with Crippen molar-refractivity contribution in [3.8, 4) is 5.75 Å². The summed E-state index contributed by atoms with van der Waals surface area (Å²) in [5, 5.41) is 0. The molecular weight excluding hydrogens is 283 g/mol. The molecule has 5 heteroatoms. The largest absolute Gasteiger partial charge is 0.482 e. The fourth-order valence-corrected chi connectivity index (χ4v) is 2.47. The number of anilines is 1. The summed E-state index contributed by atoms with van der Waals surface area (Å²) in [6.07, 6.45) is 0. The normalized spacial score (nSPS) is 15.2. The fourth-order valence-electron chi connectivity index (χ4n) is 2.47. The average Bonchev–Trinajstić information content (AvgIpc) is 2.51. The molecule has 114 valence electrons. The van der Waals surface area contributed by atoms with Crippen molar-refractivity contribution in [1.29, 1.82) is 0 Å². The number of nitrogens with two attached hydrogens (primary N) is 1. The van der Waals surface area contributed by atoms with Gasteiger partial charge in [0, 0.05) is 11.6 Å². The highest BCUT2D eigenvalue weighted by Crippen LogP contribution is 2.35. The molecule has 3 rings (SSSR count). The summed E-state index contributed by atoms with van der Waals surface area (Å²) in [4.78, 5) is 13.7. The molecule has 1 aliphatic rings. The van der Waals surface area contributed by atoms with Crippen LogP contribution in [0.3, 0.4) is 0 Å². The SMILES string of the molecule is CC(N)c1ccc2c(c1)N(Cc1ccccc1F)C(=O)CO2. The van der Waals surface area contributed by atoms with Gasteiger partial charge < -0.3 is 15.4 Å². The maximum Gasteiger partial charge on any atom is 0.265 e. The summed E-state index contributed by atoms with van der Waals surface area (Å²) in [6.45, 7) is 2.00. The number of carbonyl (C=O) groups is 1. The summed E-state index contributed by atoms with van der Waals surface area (Å²) in [5.41, 5.74) is 7.90. The highest BCUT2D eigenvalue weighted by molar-refractivity contribution is 5.97. The van der Waals surface area contributed by atoms with Gasteiger partial charge in [-0.05, 0) is 30.7 Å². The molecule has 1 unspecified atom stereocenters. The van der Waals surface area contributed by atoms with Crippen molar-refractivity contribution in [3.05, 3.63) is 59.4 Å². The Kier molecular flexibility index (Phi) is 3.81. The summed E-state index contributed by atoms with van der Waals surface area (Å²) in [6, 6.07) is 11.8. The van der Waals surface area contributed by atoms with E-state index in [2.05, 4.69) is 0 Å². The van der Waals surface area contributed by atoms with Crippen LogP contribution in [0.25, 0.3) is 0 Å². The van der Waals surface area contributed by atoms with Gasteiger partial charge in [0.15, 0.2) is 6.61 Å². The van der Waals surface area contributed by atoms with E-state index in [-0.39, 0.29) is 30.9 Å². The topological polar surface area (TPSA) is 55.6 Å². The fraction of sp³-hybridized carbons (Fsp3) is 0.235. The predicted octanol–water partition coefficient (Wildman–Crippen LogP) is 2.77. The van der Waals surface area contributed by atoms with Crippen LogP contribution in [-0.4, -0.2) is 12.5 Å². The number of nitrogens with zero attached hydrogens (tertiary/aromatic N) is 1. The van der Waals surface area contributed by atoms with Crippen LogP contribution in [0.2, 0.25) is 0 Å². The average molecular weight is 300 g/mol. The molecule has 1 heterocycles. The molecule has 0 fully saturated rings. The lowest BCUT2D eigenvalue weighted by molar-refractivity contribution is -0.121. The van der Waals surface area contributed by atoms with Crippen LogP contribution in [0.15, 0.2) is 42.5 Å². The van der Waals surface area contributed by atoms with Gasteiger partial charge in [-0.1, -0.05) is 24.3 Å². The number of carbonyl (C=O) groups excluding carboxylic acids is 1. The Morgan fingerprint density at radius 3 is 2.82 bits per heavy atom. The van der Waals surface area contributed by atoms with Crippen molar-refractivity contribution in [1.82, 2.24) is 0 Å². The molecule has 0 aliphatic carbocycles. The van der Waals surface area contributed by atoms with Gasteiger partial charge in [0.25, 0.3) is 5.91 Å². The molecule has 0 radical (unpaired) electrons. The number of fused-ring (bicyclic) bond motifs is 1. The van der Waals surface area contributed by atoms with Crippen molar-refractivity contribution < 1.29 is 13.9 Å². The second kappa shape index (κ2) is 5.77. The quantitative estimate of drug-likeness (QED) is 0.948. The van der Waals surface area contributed by atoms with Gasteiger partial charge in [0.1, 0.15) is 11.6 Å². The van der Waals surface area contributed by atoms with Crippen molar-refractivity contribution in [2.75, 3.05) is 11.5 Å². The lowest BCUT2D eigenvalue weighted by Crippen LogP contribution is -2.38. The number of hydrogen-bond acceptors (Lipinski definition) is 3. The highest BCUT2D eigenvalue weighted by Gasteiger charge is 2.26. The molecule has 2 aromatic carbocycles. The third-order valence-electron chi connectivity index (χ3n) is 3.74. The van der Waals surface area contributed by atoms with Crippen molar-refractivity contribution in [3.63, 3.8) is 0 Å². The Bertz CT molecular complexity index is 716. The number of rotatable bonds is 3. The van der Waals surface area contributed by atoms with Gasteiger partial charge in [0.2, 0.25) is 0 Å². The van der Waals surface area contributed by atoms with Gasteiger partial charge in [0.05, 0.1) is 12.2 Å². The van der Waals surface area contributed by atoms with Gasteiger partial charge in [-0.2, -0.15) is 0 Å². The monoisotopic (exact) mass is 300 g/mol. The van der Waals surface area contributed by atoms with Crippen LogP contribution in [0.5, 0.6) is 5.75 Å². The second-order valence-corrected chi connectivity index (χ2v) is 5.38. The summed E-state index contributed by atoms with van der Waals surface area (Å²) < 4.78 is 19.3. The Labute approximate surface area is 128 Å². The molecule has 0 bridgehead atoms. The Balaban J connectivity index is 2.00. The van der Waals surface area contributed by atoms with E-state index < -0.39 is 0 Å². The van der Waals surface area contributed by atoms with Gasteiger partial charge >= 0.3 is 0 Å². The zero-order chi connectivity index (χ0) is 15.7. The number of halogens is 1. The maximum atomic E-state index is 13.9. The number of amides is 1. The van der Waals surface area contributed by atoms with Crippen molar-refractivity contribution >= 4 is 11.6 Å². The first kappa shape index (κ1) is 14.5. The van der Waals surface area contributed by atoms with Crippen LogP contribution in [0, 0.1) is 5.82 Å². The smallest absolute Gasteiger partial charge is 0.265 e. The number of ether oxygens (including phenoxy) is 1. The van der Waals surface area contributed by atoms with Gasteiger partial charge in [-0.3, -0.25) is 4.79 Å². The van der Waals surface area contributed by atoms with Gasteiger partial charge in [-0.25, -0.2) is 4.39 Å². The van der Waals surface area contributed by atoms with E-state index >= 15 is 0 Å². The highest BCUT2D eigenvalue weighted by atomic mass is 19.1. The Hall–Kier alpha value is -2.40. The van der Waals surface area contributed by atoms with E-state index in [1.54, 1.807) is 29.2 Å². The van der Waals surface area contributed by atoms with E-state index in [1.165, 1.54) is 6.07 Å². The molecule has 0 saturated heterocycles. The van der Waals surface area contributed by atoms with E-state index in [9.17, 15) is 9.18 Å². The summed E-state index contributed by atoms with van der Waals surface area (Å²) in [7, 11) is 0. The minimum absolute atomic E-state index is 0.0427. The number of benzene rings is 2. The van der Waals surface area contributed by atoms with Crippen LogP contribution >= 0.6 is 0 Å². The molecule has 22 heavy (non-hydrogen) atoms. The van der Waals surface area contributed by atoms with Gasteiger partial charge in [-0.15, -0.1) is 0 Å². The zero-order valence-corrected chi connectivity index (χ0v) is 12.3. The van der Waals surface area contributed by atoms with Crippen LogP contribution < -0.4 is 15.4 Å². The molecule has 2 N–H and O–H groups in total. The van der Waals surface area contributed by atoms with Crippen LogP contribution in [-0.2, 0) is 11.3 Å². The molecule has 0 saturated carbocycles. The molecule has 1 amide bonds. The summed E-state index contributed by atoms with van der Waals surface area (Å²) in [5.74, 6) is 0.0876. The van der Waals surface area contributed by atoms with Crippen molar-refractivity contribution in [2.45, 2.75) is 19.5 Å². The maximum absolute atomic E-state index is 13.9. The molecular formula is C17H17FN2O2. The lowest BCUT2D eigenvalue weighted by Gasteiger charge is -2.30. The molecule has 1 aliphatic heterocycles. The molecule has 0 spiro atoms. The molecule has 0 aromatic heterocycles. The van der Waals surface area contributed by atoms with E-state index in [4.69, 9.17) is 10.5 Å². The van der Waals surface area contributed by atoms with E-state index in [1.807, 2.05) is 19.1 Å². The standard InChI is InChI=1S/C17H17FN2O2/c1-11(19)12-6-7-16-15(8-12)20(17(21)10-22-16)9-13-4-2-3-5-14(13)18/h2-8,11H,9-10,19H2,1H3. The van der Waals surface area contributed by atoms with Crippen molar-refractivity contribution in [2.24, 2.45) is 5.73 Å². The minimum atomic E-state index is -0.327. The third-order valence-corrected chi connectivity index (χ3v) is 3.74. The lowest BCUT2D eigenvalue weighted by atomic mass is 10.1. The molecule has 1 atom stereocenters. The first-order chi connectivity index (χ1) is 10.6. The second-order valence-electron chi connectivity index (χ2n) is 5.38. The Morgan fingerprint density at radius 1 is 1.32 bits per heavy atom. The first-order valence-electron chi connectivity index (χ1n) is 7.12. The molecule has 4 nitrogen and oxygen atoms in total. The Morgan fingerprint density at radius 2 is 2.09 bits per heavy atom. The predicted molar refractivity (Wildman–Crippen MR) is 82.1 cm³/mol. The number of hydrogen-bond donors (Lipinski definition) is 1. The van der Waals surface area contributed by atoms with Crippen LogP contribution in [0.4, 0.5) is 10.1 Å². The minimum Gasteiger partial charge on any atom is -0.482 e.